The van der Waals surface area contributed by atoms with Gasteiger partial charge in [0.2, 0.25) is 0 Å². The molecular formula is C12H17N3O3S. The molecule has 19 heavy (non-hydrogen) atoms. The summed E-state index contributed by atoms with van der Waals surface area (Å²) in [4.78, 5) is 10.7. The predicted octanol–water partition coefficient (Wildman–Crippen LogP) is 1.31. The van der Waals surface area contributed by atoms with Gasteiger partial charge in [-0.2, -0.15) is 0 Å². The first-order chi connectivity index (χ1) is 9.19. The summed E-state index contributed by atoms with van der Waals surface area (Å²) in [6, 6.07) is 0.340. The van der Waals surface area contributed by atoms with Crippen molar-refractivity contribution in [3.63, 3.8) is 0 Å². The van der Waals surface area contributed by atoms with E-state index in [9.17, 15) is 9.90 Å². The van der Waals surface area contributed by atoms with Gasteiger partial charge in [-0.15, -0.1) is 10.2 Å². The summed E-state index contributed by atoms with van der Waals surface area (Å²) in [6.07, 6.45) is 4.88. The number of carboxylic acid groups (broad SMARTS) is 1. The zero-order valence-corrected chi connectivity index (χ0v) is 11.3. The summed E-state index contributed by atoms with van der Waals surface area (Å²) in [6.45, 7) is -0.144. The molecule has 1 aromatic heterocycles. The number of aromatic nitrogens is 3. The second-order valence-electron chi connectivity index (χ2n) is 5.35. The number of aliphatic carboxylic acids is 1. The second kappa shape index (κ2) is 5.13. The average Bonchev–Trinajstić information content (AvgIpc) is 3.09. The van der Waals surface area contributed by atoms with Gasteiger partial charge in [-0.25, -0.2) is 0 Å². The Balaban J connectivity index is 1.85. The molecule has 1 heterocycles. The number of nitrogens with zero attached hydrogens (tertiary/aromatic N) is 3. The molecule has 3 unspecified atom stereocenters. The van der Waals surface area contributed by atoms with Crippen molar-refractivity contribution in [1.29, 1.82) is 0 Å². The minimum absolute atomic E-state index is 0.0234. The van der Waals surface area contributed by atoms with Crippen LogP contribution < -0.4 is 0 Å². The second-order valence-corrected chi connectivity index (χ2v) is 6.29. The normalized spacial score (nSPS) is 29.0. The van der Waals surface area contributed by atoms with Crippen molar-refractivity contribution >= 4 is 17.7 Å². The van der Waals surface area contributed by atoms with Crippen molar-refractivity contribution in [3.8, 4) is 0 Å². The van der Waals surface area contributed by atoms with Crippen molar-refractivity contribution in [3.05, 3.63) is 5.82 Å². The first-order valence-corrected chi connectivity index (χ1v) is 7.56. The lowest BCUT2D eigenvalue weighted by Crippen LogP contribution is -2.19. The van der Waals surface area contributed by atoms with E-state index in [2.05, 4.69) is 10.2 Å². The Morgan fingerprint density at radius 1 is 1.37 bits per heavy atom. The largest absolute Gasteiger partial charge is 0.481 e. The van der Waals surface area contributed by atoms with Crippen molar-refractivity contribution in [2.45, 2.75) is 43.5 Å². The molecule has 2 aliphatic carbocycles. The molecule has 104 valence electrons. The zero-order chi connectivity index (χ0) is 13.4. The number of hydrogen-bond acceptors (Lipinski definition) is 5. The van der Waals surface area contributed by atoms with Crippen LogP contribution in [0.3, 0.4) is 0 Å². The van der Waals surface area contributed by atoms with E-state index in [1.165, 1.54) is 31.0 Å². The Bertz CT molecular complexity index is 491. The van der Waals surface area contributed by atoms with Gasteiger partial charge in [-0.3, -0.25) is 4.79 Å². The molecule has 2 saturated carbocycles. The fourth-order valence-electron chi connectivity index (χ4n) is 3.50. The standard InChI is InChI=1S/C12H17N3O3S/c16-5-10-13-14-12(19-6-11(17)18)15(10)9-4-7-1-2-8(9)3-7/h7-9,16H,1-6H2,(H,17,18). The first-order valence-electron chi connectivity index (χ1n) is 6.58. The molecule has 0 aromatic carbocycles. The van der Waals surface area contributed by atoms with Gasteiger partial charge in [0.25, 0.3) is 0 Å². The minimum Gasteiger partial charge on any atom is -0.481 e. The predicted molar refractivity (Wildman–Crippen MR) is 68.8 cm³/mol. The fourth-order valence-corrected chi connectivity index (χ4v) is 4.23. The van der Waals surface area contributed by atoms with Gasteiger partial charge < -0.3 is 14.8 Å². The Labute approximate surface area is 115 Å². The van der Waals surface area contributed by atoms with Crippen LogP contribution in [0.25, 0.3) is 0 Å². The minimum atomic E-state index is -0.863. The van der Waals surface area contributed by atoms with Crippen LogP contribution in [0.5, 0.6) is 0 Å². The van der Waals surface area contributed by atoms with Crippen LogP contribution in [-0.2, 0) is 11.4 Å². The summed E-state index contributed by atoms with van der Waals surface area (Å²) in [5.74, 6) is 1.09. The van der Waals surface area contributed by atoms with Crippen LogP contribution in [-0.4, -0.2) is 36.7 Å². The van der Waals surface area contributed by atoms with Gasteiger partial charge >= 0.3 is 5.97 Å². The Morgan fingerprint density at radius 2 is 2.21 bits per heavy atom. The topological polar surface area (TPSA) is 88.2 Å². The highest BCUT2D eigenvalue weighted by Gasteiger charge is 2.42. The summed E-state index contributed by atoms with van der Waals surface area (Å²) >= 11 is 1.18. The molecule has 0 radical (unpaired) electrons. The molecule has 2 fully saturated rings. The van der Waals surface area contributed by atoms with Crippen LogP contribution in [0.2, 0.25) is 0 Å². The lowest BCUT2D eigenvalue weighted by molar-refractivity contribution is -0.133. The van der Waals surface area contributed by atoms with Gasteiger partial charge in [0.05, 0.1) is 5.75 Å². The highest BCUT2D eigenvalue weighted by Crippen LogP contribution is 2.51. The van der Waals surface area contributed by atoms with Gasteiger partial charge in [0.1, 0.15) is 6.61 Å². The highest BCUT2D eigenvalue weighted by molar-refractivity contribution is 7.99. The molecule has 1 aromatic rings. The number of rotatable bonds is 5. The van der Waals surface area contributed by atoms with Crippen LogP contribution in [0.1, 0.15) is 37.5 Å². The van der Waals surface area contributed by atoms with Gasteiger partial charge in [-0.1, -0.05) is 18.2 Å². The molecule has 0 spiro atoms. The van der Waals surface area contributed by atoms with Gasteiger partial charge in [-0.05, 0) is 31.1 Å². The molecule has 3 atom stereocenters. The third-order valence-corrected chi connectivity index (χ3v) is 5.16. The summed E-state index contributed by atoms with van der Waals surface area (Å²) in [5.41, 5.74) is 0. The third kappa shape index (κ3) is 2.36. The van der Waals surface area contributed by atoms with E-state index in [0.717, 1.165) is 12.3 Å². The van der Waals surface area contributed by atoms with E-state index in [1.807, 2.05) is 4.57 Å². The Kier molecular flexibility index (Phi) is 3.49. The van der Waals surface area contributed by atoms with Crippen molar-refractivity contribution in [2.24, 2.45) is 11.8 Å². The molecule has 0 saturated heterocycles. The average molecular weight is 283 g/mol. The maximum atomic E-state index is 10.7. The lowest BCUT2D eigenvalue weighted by Gasteiger charge is -2.25. The molecule has 2 aliphatic rings. The lowest BCUT2D eigenvalue weighted by atomic mass is 9.95. The van der Waals surface area contributed by atoms with E-state index >= 15 is 0 Å². The van der Waals surface area contributed by atoms with Gasteiger partial charge in [0, 0.05) is 6.04 Å². The maximum absolute atomic E-state index is 10.7. The highest BCUT2D eigenvalue weighted by atomic mass is 32.2. The summed E-state index contributed by atoms with van der Waals surface area (Å²) < 4.78 is 1.98. The van der Waals surface area contributed by atoms with E-state index in [-0.39, 0.29) is 12.4 Å². The van der Waals surface area contributed by atoms with E-state index in [1.54, 1.807) is 0 Å². The molecule has 2 N–H and O–H groups in total. The number of carboxylic acids is 1. The maximum Gasteiger partial charge on any atom is 0.313 e. The Hall–Kier alpha value is -1.08. The summed E-state index contributed by atoms with van der Waals surface area (Å²) in [5, 5.41) is 26.8. The Morgan fingerprint density at radius 3 is 2.79 bits per heavy atom. The summed E-state index contributed by atoms with van der Waals surface area (Å²) in [7, 11) is 0. The van der Waals surface area contributed by atoms with Gasteiger partial charge in [0.15, 0.2) is 11.0 Å². The smallest absolute Gasteiger partial charge is 0.313 e. The molecule has 6 nitrogen and oxygen atoms in total. The molecule has 3 rings (SSSR count). The fraction of sp³-hybridized carbons (Fsp3) is 0.750. The number of hydrogen-bond donors (Lipinski definition) is 2. The molecule has 0 amide bonds. The van der Waals surface area contributed by atoms with Crippen LogP contribution >= 0.6 is 11.8 Å². The number of aliphatic hydroxyl groups excluding tert-OH is 1. The number of aliphatic hydroxyl groups is 1. The number of thioether (sulfide) groups is 1. The monoisotopic (exact) mass is 283 g/mol. The number of carbonyl (C=O) groups is 1. The van der Waals surface area contributed by atoms with E-state index in [0.29, 0.717) is 22.9 Å². The molecular weight excluding hydrogens is 266 g/mol. The van der Waals surface area contributed by atoms with E-state index in [4.69, 9.17) is 5.11 Å². The van der Waals surface area contributed by atoms with Crippen molar-refractivity contribution in [2.75, 3.05) is 5.75 Å². The SMILES string of the molecule is O=C(O)CSc1nnc(CO)n1C1CC2CCC1C2. The van der Waals surface area contributed by atoms with Crippen molar-refractivity contribution in [1.82, 2.24) is 14.8 Å². The zero-order valence-electron chi connectivity index (χ0n) is 10.5. The van der Waals surface area contributed by atoms with Crippen LogP contribution in [0, 0.1) is 11.8 Å². The van der Waals surface area contributed by atoms with Crippen LogP contribution in [0.15, 0.2) is 5.16 Å². The first kappa shape index (κ1) is 12.9. The van der Waals surface area contributed by atoms with Crippen molar-refractivity contribution < 1.29 is 15.0 Å². The molecule has 7 heteroatoms. The van der Waals surface area contributed by atoms with E-state index < -0.39 is 5.97 Å². The number of fused-ring (bicyclic) bond motifs is 2. The van der Waals surface area contributed by atoms with Crippen LogP contribution in [0.4, 0.5) is 0 Å². The molecule has 0 aliphatic heterocycles. The third-order valence-electron chi connectivity index (χ3n) is 4.23. The quantitative estimate of drug-likeness (QED) is 0.792. The molecule has 2 bridgehead atoms.